The molecule has 5 rings (SSSR count). The van der Waals surface area contributed by atoms with Crippen molar-refractivity contribution in [2.45, 2.75) is 57.9 Å². The van der Waals surface area contributed by atoms with E-state index in [1.807, 2.05) is 12.1 Å². The quantitative estimate of drug-likeness (QED) is 0.238. The minimum absolute atomic E-state index is 0. The molecule has 224 valence electrons. The summed E-state index contributed by atoms with van der Waals surface area (Å²) < 4.78 is 59.4. The number of piperidine rings is 1. The number of nitrogens with zero attached hydrogens (tertiary/aromatic N) is 2. The summed E-state index contributed by atoms with van der Waals surface area (Å²) >= 11 is 0. The zero-order valence-electron chi connectivity index (χ0n) is 23.0. The molecule has 3 nitrogen and oxygen atoms in total. The zero-order chi connectivity index (χ0) is 27.2. The third kappa shape index (κ3) is 9.34. The number of halogens is 6. The van der Waals surface area contributed by atoms with Gasteiger partial charge in [0.15, 0.2) is 0 Å². The number of rotatable bonds is 8. The van der Waals surface area contributed by atoms with Gasteiger partial charge in [-0.2, -0.15) is 13.2 Å². The average molecular weight is 614 g/mol. The van der Waals surface area contributed by atoms with Gasteiger partial charge in [0.2, 0.25) is 0 Å². The normalized spacial score (nSPS) is 16.7. The molecule has 9 heteroatoms. The van der Waals surface area contributed by atoms with Crippen LogP contribution in [0.2, 0.25) is 0 Å². The minimum atomic E-state index is -4.32. The highest BCUT2D eigenvalue weighted by Crippen LogP contribution is 2.33. The largest absolute Gasteiger partial charge is 0.494 e. The molecule has 0 saturated carbocycles. The first-order valence-corrected chi connectivity index (χ1v) is 13.9. The van der Waals surface area contributed by atoms with Gasteiger partial charge in [-0.05, 0) is 110 Å². The van der Waals surface area contributed by atoms with E-state index in [9.17, 15) is 17.6 Å². The van der Waals surface area contributed by atoms with Gasteiger partial charge in [-0.3, -0.25) is 9.80 Å². The van der Waals surface area contributed by atoms with Gasteiger partial charge < -0.3 is 4.74 Å². The van der Waals surface area contributed by atoms with Crippen molar-refractivity contribution in [3.63, 3.8) is 0 Å². The van der Waals surface area contributed by atoms with E-state index in [2.05, 4.69) is 28.0 Å². The summed E-state index contributed by atoms with van der Waals surface area (Å²) in [5.74, 6) is 1.20. The molecule has 2 heterocycles. The Morgan fingerprint density at radius 2 is 1.54 bits per heavy atom. The number of fused-ring (bicyclic) bond motifs is 1. The second-order valence-electron chi connectivity index (χ2n) is 10.9. The van der Waals surface area contributed by atoms with Crippen LogP contribution in [-0.2, 0) is 32.2 Å². The number of benzene rings is 3. The van der Waals surface area contributed by atoms with E-state index < -0.39 is 11.7 Å². The standard InChI is InChI=1S/C32H36F4N2O.2ClH/c33-29-10-7-25(8-11-29)21-38-16-3-5-26-9-12-30(20-28(26)23-38)39-19-15-24-13-17-37(18-14-24)22-27-4-1-2-6-31(27)32(34,35)36;;/h1-2,4,6-12,20,24H,3,5,13-19,21-23H2;2*1H. The van der Waals surface area contributed by atoms with Gasteiger partial charge in [-0.15, -0.1) is 24.8 Å². The molecule has 0 atom stereocenters. The molecule has 0 aliphatic carbocycles. The van der Waals surface area contributed by atoms with Crippen LogP contribution in [0.15, 0.2) is 66.7 Å². The zero-order valence-corrected chi connectivity index (χ0v) is 24.7. The smallest absolute Gasteiger partial charge is 0.416 e. The van der Waals surface area contributed by atoms with E-state index in [1.165, 1.54) is 35.4 Å². The van der Waals surface area contributed by atoms with Crippen molar-refractivity contribution in [2.24, 2.45) is 5.92 Å². The summed E-state index contributed by atoms with van der Waals surface area (Å²) in [6.45, 7) is 5.24. The van der Waals surface area contributed by atoms with Crippen molar-refractivity contribution in [1.29, 1.82) is 0 Å². The summed E-state index contributed by atoms with van der Waals surface area (Å²) in [6.07, 6.45) is 0.709. The summed E-state index contributed by atoms with van der Waals surface area (Å²) in [6, 6.07) is 19.0. The first-order valence-electron chi connectivity index (χ1n) is 13.9. The minimum Gasteiger partial charge on any atom is -0.494 e. The van der Waals surface area contributed by atoms with Gasteiger partial charge in [0, 0.05) is 19.6 Å². The number of likely N-dealkylation sites (tertiary alicyclic amines) is 1. The highest BCUT2D eigenvalue weighted by Gasteiger charge is 2.33. The molecule has 0 N–H and O–H groups in total. The Balaban J connectivity index is 0.00000231. The van der Waals surface area contributed by atoms with Crippen molar-refractivity contribution < 1.29 is 22.3 Å². The van der Waals surface area contributed by atoms with Crippen LogP contribution in [0, 0.1) is 11.7 Å². The van der Waals surface area contributed by atoms with Gasteiger partial charge in [0.25, 0.3) is 0 Å². The first kappa shape index (κ1) is 33.2. The topological polar surface area (TPSA) is 15.7 Å². The second kappa shape index (κ2) is 15.2. The van der Waals surface area contributed by atoms with Crippen molar-refractivity contribution >= 4 is 24.8 Å². The summed E-state index contributed by atoms with van der Waals surface area (Å²) in [5, 5.41) is 0. The van der Waals surface area contributed by atoms with Crippen LogP contribution < -0.4 is 4.74 Å². The lowest BCUT2D eigenvalue weighted by atomic mass is 9.93. The molecule has 41 heavy (non-hydrogen) atoms. The summed E-state index contributed by atoms with van der Waals surface area (Å²) in [4.78, 5) is 4.54. The molecule has 0 spiro atoms. The molecule has 0 aromatic heterocycles. The molecule has 1 saturated heterocycles. The fourth-order valence-electron chi connectivity index (χ4n) is 5.83. The van der Waals surface area contributed by atoms with E-state index in [0.29, 0.717) is 24.6 Å². The molecule has 0 bridgehead atoms. The molecule has 0 radical (unpaired) electrons. The molecule has 0 amide bonds. The molecular formula is C32H38Cl2F4N2O. The first-order chi connectivity index (χ1) is 18.8. The number of ether oxygens (including phenoxy) is 1. The van der Waals surface area contributed by atoms with Gasteiger partial charge >= 0.3 is 6.18 Å². The fraction of sp³-hybridized carbons (Fsp3) is 0.438. The lowest BCUT2D eigenvalue weighted by molar-refractivity contribution is -0.138. The van der Waals surface area contributed by atoms with E-state index >= 15 is 0 Å². The molecule has 0 unspecified atom stereocenters. The van der Waals surface area contributed by atoms with E-state index in [0.717, 1.165) is 76.1 Å². The number of alkyl halides is 3. The number of aryl methyl sites for hydroxylation is 1. The lowest BCUT2D eigenvalue weighted by Crippen LogP contribution is -2.34. The van der Waals surface area contributed by atoms with Crippen molar-refractivity contribution in [2.75, 3.05) is 26.2 Å². The molecule has 2 aliphatic rings. The monoisotopic (exact) mass is 612 g/mol. The van der Waals surface area contributed by atoms with Gasteiger partial charge in [0.05, 0.1) is 12.2 Å². The molecule has 1 fully saturated rings. The maximum Gasteiger partial charge on any atom is 0.416 e. The molecule has 3 aromatic rings. The predicted octanol–water partition coefficient (Wildman–Crippen LogP) is 8.32. The van der Waals surface area contributed by atoms with Crippen LogP contribution in [0.25, 0.3) is 0 Å². The van der Waals surface area contributed by atoms with Crippen LogP contribution in [0.5, 0.6) is 5.75 Å². The van der Waals surface area contributed by atoms with Crippen LogP contribution >= 0.6 is 24.8 Å². The Kier molecular flexibility index (Phi) is 12.3. The third-order valence-electron chi connectivity index (χ3n) is 8.03. The summed E-state index contributed by atoms with van der Waals surface area (Å²) in [7, 11) is 0. The van der Waals surface area contributed by atoms with E-state index in [4.69, 9.17) is 4.74 Å². The Morgan fingerprint density at radius 3 is 2.27 bits per heavy atom. The van der Waals surface area contributed by atoms with Crippen LogP contribution in [0.4, 0.5) is 17.6 Å². The van der Waals surface area contributed by atoms with Crippen molar-refractivity contribution in [1.82, 2.24) is 9.80 Å². The van der Waals surface area contributed by atoms with Crippen LogP contribution in [0.1, 0.15) is 53.5 Å². The van der Waals surface area contributed by atoms with Crippen molar-refractivity contribution in [3.8, 4) is 5.75 Å². The van der Waals surface area contributed by atoms with Gasteiger partial charge in [0.1, 0.15) is 11.6 Å². The van der Waals surface area contributed by atoms with Crippen LogP contribution in [-0.4, -0.2) is 36.0 Å². The molecular weight excluding hydrogens is 575 g/mol. The lowest BCUT2D eigenvalue weighted by Gasteiger charge is -2.32. The Bertz CT molecular complexity index is 1230. The number of hydrogen-bond acceptors (Lipinski definition) is 3. The Hall–Kier alpha value is -2.32. The van der Waals surface area contributed by atoms with Crippen LogP contribution in [0.3, 0.4) is 0 Å². The highest BCUT2D eigenvalue weighted by atomic mass is 35.5. The predicted molar refractivity (Wildman–Crippen MR) is 159 cm³/mol. The maximum absolute atomic E-state index is 13.3. The Morgan fingerprint density at radius 1 is 0.805 bits per heavy atom. The van der Waals surface area contributed by atoms with Crippen molar-refractivity contribution in [3.05, 3.63) is 100 Å². The van der Waals surface area contributed by atoms with Gasteiger partial charge in [-0.1, -0.05) is 36.4 Å². The SMILES string of the molecule is Cl.Cl.Fc1ccc(CN2CCCc3ccc(OCCC4CCN(Cc5ccccc5C(F)(F)F)CC4)cc3C2)cc1. The van der Waals surface area contributed by atoms with Gasteiger partial charge in [-0.25, -0.2) is 4.39 Å². The van der Waals surface area contributed by atoms with E-state index in [-0.39, 0.29) is 30.6 Å². The second-order valence-corrected chi connectivity index (χ2v) is 10.9. The highest BCUT2D eigenvalue weighted by molar-refractivity contribution is 5.85. The average Bonchev–Trinajstić information content (AvgIpc) is 3.12. The number of hydrogen-bond donors (Lipinski definition) is 0. The molecule has 3 aromatic carbocycles. The third-order valence-corrected chi connectivity index (χ3v) is 8.03. The maximum atomic E-state index is 13.3. The Labute approximate surface area is 252 Å². The fourth-order valence-corrected chi connectivity index (χ4v) is 5.83. The summed E-state index contributed by atoms with van der Waals surface area (Å²) in [5.41, 5.74) is 3.59. The van der Waals surface area contributed by atoms with E-state index in [1.54, 1.807) is 12.1 Å². The molecule has 2 aliphatic heterocycles.